The number of carbonyl (C=O) groups is 1. The van der Waals surface area contributed by atoms with Gasteiger partial charge in [0.15, 0.2) is 5.13 Å². The van der Waals surface area contributed by atoms with Gasteiger partial charge in [0.05, 0.1) is 10.2 Å². The number of thiazole rings is 1. The number of anilines is 1. The number of amides is 1. The molecule has 0 atom stereocenters. The fraction of sp³-hybridized carbons (Fsp3) is 0.364. The van der Waals surface area contributed by atoms with E-state index in [0.29, 0.717) is 0 Å². The van der Waals surface area contributed by atoms with E-state index in [0.717, 1.165) is 53.5 Å². The minimum Gasteiger partial charge on any atom is -0.345 e. The molecule has 0 bridgehead atoms. The summed E-state index contributed by atoms with van der Waals surface area (Å²) in [5.74, 6) is 0.136. The monoisotopic (exact) mass is 379 g/mol. The lowest BCUT2D eigenvalue weighted by Crippen LogP contribution is -2.48. The Bertz CT molecular complexity index is 996. The van der Waals surface area contributed by atoms with Crippen LogP contribution in [0.5, 0.6) is 0 Å². The summed E-state index contributed by atoms with van der Waals surface area (Å²) < 4.78 is 1.27. The van der Waals surface area contributed by atoms with Crippen LogP contribution in [0.1, 0.15) is 32.6 Å². The minimum atomic E-state index is 0.136. The minimum absolute atomic E-state index is 0.136. The average molecular weight is 380 g/mol. The predicted octanol–water partition coefficient (Wildman–Crippen LogP) is 4.49. The van der Waals surface area contributed by atoms with Gasteiger partial charge < -0.3 is 9.80 Å². The molecule has 1 aliphatic rings. The third kappa shape index (κ3) is 3.56. The van der Waals surface area contributed by atoms with Crippen LogP contribution in [-0.4, -0.2) is 42.0 Å². The van der Waals surface area contributed by atoms with Gasteiger partial charge in [-0.3, -0.25) is 4.79 Å². The van der Waals surface area contributed by atoms with Crippen LogP contribution in [0.25, 0.3) is 10.2 Å². The molecule has 4 nitrogen and oxygen atoms in total. The van der Waals surface area contributed by atoms with E-state index in [1.165, 1.54) is 15.8 Å². The number of piperazine rings is 1. The van der Waals surface area contributed by atoms with E-state index in [4.69, 9.17) is 4.98 Å². The lowest BCUT2D eigenvalue weighted by molar-refractivity contribution is 0.0746. The van der Waals surface area contributed by atoms with Crippen molar-refractivity contribution in [3.63, 3.8) is 0 Å². The van der Waals surface area contributed by atoms with Gasteiger partial charge in [-0.2, -0.15) is 0 Å². The van der Waals surface area contributed by atoms with Gasteiger partial charge in [-0.1, -0.05) is 34.6 Å². The standard InChI is InChI=1S/C22H25N3OS/c1-14-9-15(2)12-18(11-14)21(26)24-5-7-25(8-6-24)22-23-19-13-16(3)10-17(4)20(19)27-22/h9-13H,5-8H2,1-4H3. The summed E-state index contributed by atoms with van der Waals surface area (Å²) >= 11 is 1.76. The van der Waals surface area contributed by atoms with Crippen molar-refractivity contribution in [1.29, 1.82) is 0 Å². The predicted molar refractivity (Wildman–Crippen MR) is 113 cm³/mol. The van der Waals surface area contributed by atoms with Gasteiger partial charge in [0.2, 0.25) is 0 Å². The van der Waals surface area contributed by atoms with Crippen LogP contribution in [-0.2, 0) is 0 Å². The van der Waals surface area contributed by atoms with Crippen molar-refractivity contribution in [2.24, 2.45) is 0 Å². The van der Waals surface area contributed by atoms with Gasteiger partial charge in [-0.05, 0) is 57.0 Å². The SMILES string of the molecule is Cc1cc(C)cc(C(=O)N2CCN(c3nc4cc(C)cc(C)c4s3)CC2)c1. The number of nitrogens with zero attached hydrogens (tertiary/aromatic N) is 3. The number of carbonyl (C=O) groups excluding carboxylic acids is 1. The van der Waals surface area contributed by atoms with Gasteiger partial charge in [-0.15, -0.1) is 0 Å². The van der Waals surface area contributed by atoms with E-state index in [2.05, 4.69) is 36.9 Å². The third-order valence-corrected chi connectivity index (χ3v) is 6.38. The smallest absolute Gasteiger partial charge is 0.253 e. The van der Waals surface area contributed by atoms with Crippen LogP contribution in [0.15, 0.2) is 30.3 Å². The molecule has 1 aliphatic heterocycles. The quantitative estimate of drug-likeness (QED) is 0.658. The zero-order valence-corrected chi connectivity index (χ0v) is 17.2. The number of rotatable bonds is 2. The van der Waals surface area contributed by atoms with E-state index in [1.807, 2.05) is 30.9 Å². The van der Waals surface area contributed by atoms with Gasteiger partial charge in [0.1, 0.15) is 0 Å². The Morgan fingerprint density at radius 1 is 0.889 bits per heavy atom. The molecule has 0 spiro atoms. The molecule has 1 amide bonds. The molecule has 0 N–H and O–H groups in total. The lowest BCUT2D eigenvalue weighted by atomic mass is 10.1. The zero-order valence-electron chi connectivity index (χ0n) is 16.4. The Kier molecular flexibility index (Phi) is 4.64. The molecule has 2 aromatic carbocycles. The third-order valence-electron chi connectivity index (χ3n) is 5.11. The van der Waals surface area contributed by atoms with E-state index >= 15 is 0 Å². The molecule has 0 aliphatic carbocycles. The highest BCUT2D eigenvalue weighted by Crippen LogP contribution is 2.32. The fourth-order valence-corrected chi connectivity index (χ4v) is 4.95. The Morgan fingerprint density at radius 2 is 1.52 bits per heavy atom. The summed E-state index contributed by atoms with van der Waals surface area (Å²) in [5, 5.41) is 1.07. The summed E-state index contributed by atoms with van der Waals surface area (Å²) in [6.07, 6.45) is 0. The van der Waals surface area contributed by atoms with Crippen LogP contribution >= 0.6 is 11.3 Å². The molecule has 4 rings (SSSR count). The molecule has 3 aromatic rings. The van der Waals surface area contributed by atoms with Crippen LogP contribution in [0.2, 0.25) is 0 Å². The molecule has 27 heavy (non-hydrogen) atoms. The molecule has 1 aromatic heterocycles. The second-order valence-corrected chi connectivity index (χ2v) is 8.56. The highest BCUT2D eigenvalue weighted by Gasteiger charge is 2.24. The Morgan fingerprint density at radius 3 is 2.19 bits per heavy atom. The van der Waals surface area contributed by atoms with Crippen LogP contribution in [0, 0.1) is 27.7 Å². The van der Waals surface area contributed by atoms with Crippen molar-refractivity contribution in [1.82, 2.24) is 9.88 Å². The van der Waals surface area contributed by atoms with Gasteiger partial charge >= 0.3 is 0 Å². The molecule has 0 radical (unpaired) electrons. The summed E-state index contributed by atoms with van der Waals surface area (Å²) in [6.45, 7) is 11.5. The highest BCUT2D eigenvalue weighted by atomic mass is 32.1. The van der Waals surface area contributed by atoms with E-state index in [9.17, 15) is 4.79 Å². The number of hydrogen-bond donors (Lipinski definition) is 0. The van der Waals surface area contributed by atoms with Crippen LogP contribution in [0.4, 0.5) is 5.13 Å². The number of aryl methyl sites for hydroxylation is 4. The maximum absolute atomic E-state index is 12.9. The molecule has 5 heteroatoms. The topological polar surface area (TPSA) is 36.4 Å². The Hall–Kier alpha value is -2.40. The maximum atomic E-state index is 12.9. The highest BCUT2D eigenvalue weighted by molar-refractivity contribution is 7.22. The number of hydrogen-bond acceptors (Lipinski definition) is 4. The average Bonchev–Trinajstić information content (AvgIpc) is 3.05. The summed E-state index contributed by atoms with van der Waals surface area (Å²) in [4.78, 5) is 22.0. The number of aromatic nitrogens is 1. The molecule has 1 fully saturated rings. The first-order valence-corrected chi connectivity index (χ1v) is 10.2. The first-order valence-electron chi connectivity index (χ1n) is 9.41. The summed E-state index contributed by atoms with van der Waals surface area (Å²) in [6, 6.07) is 10.4. The molecular formula is C22H25N3OS. The molecule has 1 saturated heterocycles. The Labute approximate surface area is 164 Å². The molecule has 0 saturated carbocycles. The van der Waals surface area contributed by atoms with Crippen molar-refractivity contribution >= 4 is 32.6 Å². The largest absolute Gasteiger partial charge is 0.345 e. The normalized spacial score (nSPS) is 14.8. The number of fused-ring (bicyclic) bond motifs is 1. The first-order chi connectivity index (χ1) is 12.9. The van der Waals surface area contributed by atoms with Gasteiger partial charge in [-0.25, -0.2) is 4.98 Å². The van der Waals surface area contributed by atoms with Crippen molar-refractivity contribution < 1.29 is 4.79 Å². The second kappa shape index (κ2) is 6.97. The summed E-state index contributed by atoms with van der Waals surface area (Å²) in [7, 11) is 0. The first kappa shape index (κ1) is 18.0. The van der Waals surface area contributed by atoms with Gasteiger partial charge in [0, 0.05) is 31.7 Å². The molecule has 0 unspecified atom stereocenters. The van der Waals surface area contributed by atoms with Crippen LogP contribution < -0.4 is 4.90 Å². The van der Waals surface area contributed by atoms with Gasteiger partial charge in [0.25, 0.3) is 5.91 Å². The number of benzene rings is 2. The molecule has 2 heterocycles. The summed E-state index contributed by atoms with van der Waals surface area (Å²) in [5.41, 5.74) is 6.70. The molecular weight excluding hydrogens is 354 g/mol. The van der Waals surface area contributed by atoms with Crippen molar-refractivity contribution in [2.45, 2.75) is 27.7 Å². The lowest BCUT2D eigenvalue weighted by Gasteiger charge is -2.34. The van der Waals surface area contributed by atoms with E-state index in [1.54, 1.807) is 11.3 Å². The van der Waals surface area contributed by atoms with E-state index < -0.39 is 0 Å². The van der Waals surface area contributed by atoms with E-state index in [-0.39, 0.29) is 5.91 Å². The zero-order chi connectivity index (χ0) is 19.1. The second-order valence-electron chi connectivity index (χ2n) is 7.58. The van der Waals surface area contributed by atoms with Crippen LogP contribution in [0.3, 0.4) is 0 Å². The Balaban J connectivity index is 1.49. The molecule has 140 valence electrons. The van der Waals surface area contributed by atoms with Crippen molar-refractivity contribution in [3.8, 4) is 0 Å². The maximum Gasteiger partial charge on any atom is 0.253 e. The fourth-order valence-electron chi connectivity index (χ4n) is 3.88. The van der Waals surface area contributed by atoms with Crippen molar-refractivity contribution in [3.05, 3.63) is 58.1 Å². The van der Waals surface area contributed by atoms with Crippen molar-refractivity contribution in [2.75, 3.05) is 31.1 Å².